The molecular formula is C22H23FN2O2. The fraction of sp³-hybridized carbons (Fsp3) is 0.364. The van der Waals surface area contributed by atoms with Gasteiger partial charge in [-0.15, -0.1) is 0 Å². The maximum absolute atomic E-state index is 15.5. The zero-order valence-corrected chi connectivity index (χ0v) is 15.5. The van der Waals surface area contributed by atoms with E-state index in [2.05, 4.69) is 41.1 Å². The van der Waals surface area contributed by atoms with Gasteiger partial charge >= 0.3 is 0 Å². The fourth-order valence-electron chi connectivity index (χ4n) is 4.38. The molecule has 27 heavy (non-hydrogen) atoms. The van der Waals surface area contributed by atoms with Crippen LogP contribution in [0.3, 0.4) is 0 Å². The Morgan fingerprint density at radius 2 is 1.93 bits per heavy atom. The summed E-state index contributed by atoms with van der Waals surface area (Å²) >= 11 is 0. The number of nitrogens with zero attached hydrogens (tertiary/aromatic N) is 2. The molecule has 1 atom stereocenters. The number of rotatable bonds is 2. The maximum atomic E-state index is 15.5. The van der Waals surface area contributed by atoms with E-state index >= 15 is 4.39 Å². The van der Waals surface area contributed by atoms with Gasteiger partial charge in [0, 0.05) is 43.0 Å². The Balaban J connectivity index is 1.57. The number of halogens is 1. The minimum absolute atomic E-state index is 0.0787. The van der Waals surface area contributed by atoms with Crippen molar-refractivity contribution in [2.24, 2.45) is 0 Å². The molecule has 5 rings (SSSR count). The van der Waals surface area contributed by atoms with E-state index in [4.69, 9.17) is 9.15 Å². The summed E-state index contributed by atoms with van der Waals surface area (Å²) in [6, 6.07) is 12.3. The zero-order chi connectivity index (χ0) is 18.4. The molecule has 3 heterocycles. The molecule has 0 spiro atoms. The van der Waals surface area contributed by atoms with Gasteiger partial charge in [-0.3, -0.25) is 0 Å². The van der Waals surface area contributed by atoms with E-state index in [1.54, 1.807) is 6.26 Å². The molecule has 4 nitrogen and oxygen atoms in total. The van der Waals surface area contributed by atoms with E-state index in [0.717, 1.165) is 41.7 Å². The van der Waals surface area contributed by atoms with Crippen LogP contribution in [0.1, 0.15) is 22.6 Å². The Labute approximate surface area is 158 Å². The Hall–Kier alpha value is -2.37. The van der Waals surface area contributed by atoms with Crippen LogP contribution in [-0.2, 0) is 11.3 Å². The Morgan fingerprint density at radius 1 is 1.07 bits per heavy atom. The number of hydrogen-bond donors (Lipinski definition) is 0. The average molecular weight is 366 g/mol. The summed E-state index contributed by atoms with van der Waals surface area (Å²) in [6.45, 7) is 4.30. The van der Waals surface area contributed by atoms with Crippen molar-refractivity contribution in [2.75, 3.05) is 44.8 Å². The molecule has 2 aromatic carbocycles. The lowest BCUT2D eigenvalue weighted by molar-refractivity contribution is 0.122. The van der Waals surface area contributed by atoms with Crippen LogP contribution in [0.5, 0.6) is 0 Å². The summed E-state index contributed by atoms with van der Waals surface area (Å²) in [5.74, 6) is 0.0616. The van der Waals surface area contributed by atoms with Crippen molar-refractivity contribution in [3.8, 4) is 0 Å². The number of benzene rings is 2. The smallest absolute Gasteiger partial charge is 0.151 e. The molecule has 0 aliphatic carbocycles. The highest BCUT2D eigenvalue weighted by Crippen LogP contribution is 2.38. The normalized spacial score (nSPS) is 20.8. The maximum Gasteiger partial charge on any atom is 0.151 e. The van der Waals surface area contributed by atoms with Crippen molar-refractivity contribution in [1.82, 2.24) is 4.90 Å². The summed E-state index contributed by atoms with van der Waals surface area (Å²) in [5, 5.41) is 1.09. The molecule has 0 N–H and O–H groups in total. The molecule has 0 saturated carbocycles. The molecule has 0 radical (unpaired) electrons. The Bertz CT molecular complexity index is 978. The van der Waals surface area contributed by atoms with Gasteiger partial charge in [0.15, 0.2) is 5.82 Å². The highest BCUT2D eigenvalue weighted by molar-refractivity contribution is 5.78. The van der Waals surface area contributed by atoms with E-state index in [1.165, 1.54) is 5.56 Å². The second kappa shape index (κ2) is 6.66. The number of fused-ring (bicyclic) bond motifs is 2. The van der Waals surface area contributed by atoms with Crippen LogP contribution in [0.25, 0.3) is 11.0 Å². The Kier molecular flexibility index (Phi) is 4.14. The molecule has 0 bridgehead atoms. The second-order valence-electron chi connectivity index (χ2n) is 7.53. The second-order valence-corrected chi connectivity index (χ2v) is 7.53. The number of anilines is 1. The minimum atomic E-state index is -0.0787. The van der Waals surface area contributed by atoms with Gasteiger partial charge in [0.1, 0.15) is 5.58 Å². The number of likely N-dealkylation sites (N-methyl/N-ethyl adjacent to an activating group) is 1. The van der Waals surface area contributed by atoms with Crippen LogP contribution >= 0.6 is 0 Å². The van der Waals surface area contributed by atoms with Gasteiger partial charge in [-0.1, -0.05) is 18.2 Å². The fourth-order valence-corrected chi connectivity index (χ4v) is 4.38. The average Bonchev–Trinajstić information content (AvgIpc) is 3.17. The van der Waals surface area contributed by atoms with E-state index in [9.17, 15) is 0 Å². The molecule has 1 aromatic heterocycles. The molecule has 1 unspecified atom stereocenters. The topological polar surface area (TPSA) is 28.9 Å². The summed E-state index contributed by atoms with van der Waals surface area (Å²) in [5.41, 5.74) is 4.66. The van der Waals surface area contributed by atoms with Gasteiger partial charge < -0.3 is 19.0 Å². The number of hydrogen-bond acceptors (Lipinski definition) is 4. The zero-order valence-electron chi connectivity index (χ0n) is 15.5. The molecule has 2 aliphatic heterocycles. The van der Waals surface area contributed by atoms with Gasteiger partial charge in [0.05, 0.1) is 25.2 Å². The van der Waals surface area contributed by atoms with E-state index in [0.29, 0.717) is 25.4 Å². The predicted octanol–water partition coefficient (Wildman–Crippen LogP) is 3.99. The molecule has 2 aliphatic rings. The third-order valence-corrected chi connectivity index (χ3v) is 5.79. The first-order chi connectivity index (χ1) is 13.2. The molecule has 140 valence electrons. The van der Waals surface area contributed by atoms with Crippen LogP contribution in [0.2, 0.25) is 0 Å². The van der Waals surface area contributed by atoms with Gasteiger partial charge in [-0.2, -0.15) is 0 Å². The van der Waals surface area contributed by atoms with Gasteiger partial charge in [0.2, 0.25) is 0 Å². The van der Waals surface area contributed by atoms with Crippen LogP contribution in [-0.4, -0.2) is 44.8 Å². The van der Waals surface area contributed by atoms with Crippen molar-refractivity contribution in [3.63, 3.8) is 0 Å². The largest absolute Gasteiger partial charge is 0.464 e. The van der Waals surface area contributed by atoms with Gasteiger partial charge in [-0.25, -0.2) is 4.39 Å². The number of ether oxygens (including phenoxy) is 1. The lowest BCUT2D eigenvalue weighted by Crippen LogP contribution is -2.38. The predicted molar refractivity (Wildman–Crippen MR) is 104 cm³/mol. The first kappa shape index (κ1) is 16.8. The molecule has 5 heteroatoms. The van der Waals surface area contributed by atoms with Crippen LogP contribution in [0.4, 0.5) is 10.1 Å². The summed E-state index contributed by atoms with van der Waals surface area (Å²) in [6.07, 6.45) is 1.71. The highest BCUT2D eigenvalue weighted by Gasteiger charge is 2.29. The number of furan rings is 1. The van der Waals surface area contributed by atoms with E-state index in [1.807, 2.05) is 12.1 Å². The minimum Gasteiger partial charge on any atom is -0.464 e. The molecular weight excluding hydrogens is 343 g/mol. The standard InChI is InChI=1S/C22H23FN2O2/c1-24-13-18(16-3-2-15-6-9-27-21(15)12-16)17-4-5-20(22(23)19(17)14-24)25-7-10-26-11-8-25/h2-6,9,12,18H,7-8,10-11,13-14H2,1H3. The lowest BCUT2D eigenvalue weighted by Gasteiger charge is -2.35. The van der Waals surface area contributed by atoms with Crippen molar-refractivity contribution in [1.29, 1.82) is 0 Å². The van der Waals surface area contributed by atoms with Gasteiger partial charge in [0.25, 0.3) is 0 Å². The summed E-state index contributed by atoms with van der Waals surface area (Å²) in [7, 11) is 2.06. The van der Waals surface area contributed by atoms with Crippen LogP contribution < -0.4 is 4.90 Å². The lowest BCUT2D eigenvalue weighted by atomic mass is 9.84. The van der Waals surface area contributed by atoms with Crippen molar-refractivity contribution < 1.29 is 13.5 Å². The molecule has 1 fully saturated rings. The van der Waals surface area contributed by atoms with Crippen molar-refractivity contribution >= 4 is 16.7 Å². The number of morpholine rings is 1. The van der Waals surface area contributed by atoms with E-state index < -0.39 is 0 Å². The third-order valence-electron chi connectivity index (χ3n) is 5.79. The summed E-state index contributed by atoms with van der Waals surface area (Å²) < 4.78 is 26.5. The third kappa shape index (κ3) is 2.91. The quantitative estimate of drug-likeness (QED) is 0.686. The first-order valence-electron chi connectivity index (χ1n) is 9.50. The molecule has 3 aromatic rings. The molecule has 0 amide bonds. The SMILES string of the molecule is CN1Cc2c(ccc(N3CCOCC3)c2F)C(c2ccc3ccoc3c2)C1. The highest BCUT2D eigenvalue weighted by atomic mass is 19.1. The Morgan fingerprint density at radius 3 is 2.78 bits per heavy atom. The van der Waals surface area contributed by atoms with Crippen LogP contribution in [0, 0.1) is 5.82 Å². The van der Waals surface area contributed by atoms with E-state index in [-0.39, 0.29) is 11.7 Å². The first-order valence-corrected chi connectivity index (χ1v) is 9.50. The monoisotopic (exact) mass is 366 g/mol. The van der Waals surface area contributed by atoms with Crippen molar-refractivity contribution in [3.05, 3.63) is 65.2 Å². The molecule has 1 saturated heterocycles. The summed E-state index contributed by atoms with van der Waals surface area (Å²) in [4.78, 5) is 4.29. The van der Waals surface area contributed by atoms with Crippen LogP contribution in [0.15, 0.2) is 47.1 Å². The van der Waals surface area contributed by atoms with Crippen molar-refractivity contribution in [2.45, 2.75) is 12.5 Å². The van der Waals surface area contributed by atoms with Gasteiger partial charge in [-0.05, 0) is 36.4 Å².